The van der Waals surface area contributed by atoms with Gasteiger partial charge in [-0.2, -0.15) is 12.7 Å². The maximum atomic E-state index is 12.4. The minimum atomic E-state index is -3.51. The van der Waals surface area contributed by atoms with Gasteiger partial charge < -0.3 is 0 Å². The molecule has 0 aromatic carbocycles. The van der Waals surface area contributed by atoms with Crippen molar-refractivity contribution in [2.24, 2.45) is 10.8 Å². The minimum absolute atomic E-state index is 0.338. The first-order chi connectivity index (χ1) is 10.5. The van der Waals surface area contributed by atoms with E-state index < -0.39 is 10.2 Å². The molecular formula is C16H28N4O2S. The fraction of sp³-hybridized carbons (Fsp3) is 0.812. The summed E-state index contributed by atoms with van der Waals surface area (Å²) in [6.45, 7) is 8.67. The standard InChI is InChI=1S/C16H28N4O2S/c1-15(2)8-13-9-16(3,11-15)12-19(13)10-14-17-6-7-20(14)23(21,22)18(4)5/h6-7,13H,8-12H2,1-5H3. The first-order valence-electron chi connectivity index (χ1n) is 8.22. The van der Waals surface area contributed by atoms with E-state index in [0.29, 0.717) is 29.2 Å². The number of nitrogens with zero attached hydrogens (tertiary/aromatic N) is 4. The summed E-state index contributed by atoms with van der Waals surface area (Å²) >= 11 is 0. The molecular weight excluding hydrogens is 312 g/mol. The summed E-state index contributed by atoms with van der Waals surface area (Å²) in [6.07, 6.45) is 6.72. The van der Waals surface area contributed by atoms with E-state index in [-0.39, 0.29) is 0 Å². The van der Waals surface area contributed by atoms with Crippen molar-refractivity contribution >= 4 is 10.2 Å². The molecule has 0 radical (unpaired) electrons. The molecule has 1 aromatic heterocycles. The molecule has 1 saturated carbocycles. The van der Waals surface area contributed by atoms with Crippen LogP contribution in [0.4, 0.5) is 0 Å². The Bertz CT molecular complexity index is 695. The van der Waals surface area contributed by atoms with Crippen LogP contribution >= 0.6 is 0 Å². The lowest BCUT2D eigenvalue weighted by atomic mass is 9.65. The lowest BCUT2D eigenvalue weighted by Crippen LogP contribution is -2.36. The Morgan fingerprint density at radius 1 is 1.30 bits per heavy atom. The van der Waals surface area contributed by atoms with Gasteiger partial charge in [-0.3, -0.25) is 4.90 Å². The maximum Gasteiger partial charge on any atom is 0.308 e. The Labute approximate surface area is 139 Å². The average Bonchev–Trinajstić information content (AvgIpc) is 2.91. The molecule has 130 valence electrons. The molecule has 2 atom stereocenters. The summed E-state index contributed by atoms with van der Waals surface area (Å²) in [5, 5.41) is 0. The number of likely N-dealkylation sites (tertiary alicyclic amines) is 1. The van der Waals surface area contributed by atoms with E-state index >= 15 is 0 Å². The number of hydrogen-bond acceptors (Lipinski definition) is 4. The van der Waals surface area contributed by atoms with E-state index in [4.69, 9.17) is 0 Å². The Balaban J connectivity index is 1.84. The molecule has 1 saturated heterocycles. The third-order valence-electron chi connectivity index (χ3n) is 5.26. The smallest absolute Gasteiger partial charge is 0.292 e. The van der Waals surface area contributed by atoms with Crippen LogP contribution < -0.4 is 0 Å². The average molecular weight is 340 g/mol. The number of aromatic nitrogens is 2. The zero-order valence-corrected chi connectivity index (χ0v) is 15.6. The third kappa shape index (κ3) is 3.06. The first kappa shape index (κ1) is 16.9. The molecule has 7 heteroatoms. The largest absolute Gasteiger partial charge is 0.308 e. The quantitative estimate of drug-likeness (QED) is 0.840. The fourth-order valence-electron chi connectivity index (χ4n) is 4.76. The van der Waals surface area contributed by atoms with Gasteiger partial charge in [0.05, 0.1) is 6.54 Å². The molecule has 2 fully saturated rings. The van der Waals surface area contributed by atoms with Crippen LogP contribution in [-0.2, 0) is 16.8 Å². The molecule has 6 nitrogen and oxygen atoms in total. The van der Waals surface area contributed by atoms with E-state index in [1.54, 1.807) is 26.5 Å². The lowest BCUT2D eigenvalue weighted by molar-refractivity contribution is 0.126. The van der Waals surface area contributed by atoms with E-state index in [1.165, 1.54) is 27.5 Å². The molecule has 0 amide bonds. The highest BCUT2D eigenvalue weighted by Crippen LogP contribution is 2.52. The highest BCUT2D eigenvalue weighted by atomic mass is 32.2. The summed E-state index contributed by atoms with van der Waals surface area (Å²) in [6, 6.07) is 0.524. The zero-order chi connectivity index (χ0) is 17.0. The van der Waals surface area contributed by atoms with E-state index in [9.17, 15) is 8.42 Å². The molecule has 2 heterocycles. The number of rotatable bonds is 4. The van der Waals surface area contributed by atoms with Gasteiger partial charge in [0, 0.05) is 39.1 Å². The normalized spacial score (nSPS) is 31.0. The van der Waals surface area contributed by atoms with Gasteiger partial charge in [0.1, 0.15) is 5.82 Å². The van der Waals surface area contributed by atoms with Crippen LogP contribution in [-0.4, -0.2) is 53.3 Å². The summed E-state index contributed by atoms with van der Waals surface area (Å²) in [5.74, 6) is 0.604. The third-order valence-corrected chi connectivity index (χ3v) is 7.01. The van der Waals surface area contributed by atoms with Crippen molar-refractivity contribution in [1.29, 1.82) is 0 Å². The van der Waals surface area contributed by atoms with E-state index in [0.717, 1.165) is 6.54 Å². The van der Waals surface area contributed by atoms with Gasteiger partial charge in [0.2, 0.25) is 0 Å². The van der Waals surface area contributed by atoms with Gasteiger partial charge in [-0.1, -0.05) is 20.8 Å². The molecule has 3 rings (SSSR count). The number of fused-ring (bicyclic) bond motifs is 2. The number of hydrogen-bond donors (Lipinski definition) is 0. The van der Waals surface area contributed by atoms with Gasteiger partial charge in [-0.15, -0.1) is 0 Å². The van der Waals surface area contributed by atoms with Crippen molar-refractivity contribution in [3.8, 4) is 0 Å². The monoisotopic (exact) mass is 340 g/mol. The van der Waals surface area contributed by atoms with Gasteiger partial charge in [0.15, 0.2) is 0 Å². The maximum absolute atomic E-state index is 12.4. The summed E-state index contributed by atoms with van der Waals surface area (Å²) in [7, 11) is -0.411. The predicted octanol–water partition coefficient (Wildman–Crippen LogP) is 1.94. The lowest BCUT2D eigenvalue weighted by Gasteiger charge is -2.39. The van der Waals surface area contributed by atoms with Crippen molar-refractivity contribution < 1.29 is 8.42 Å². The molecule has 0 N–H and O–H groups in total. The van der Waals surface area contributed by atoms with Crippen LogP contribution in [0.25, 0.3) is 0 Å². The molecule has 2 unspecified atom stereocenters. The molecule has 1 aliphatic carbocycles. The molecule has 1 aliphatic heterocycles. The molecule has 0 spiro atoms. The van der Waals surface area contributed by atoms with Crippen LogP contribution in [0.1, 0.15) is 45.9 Å². The highest BCUT2D eigenvalue weighted by molar-refractivity contribution is 7.87. The van der Waals surface area contributed by atoms with Crippen molar-refractivity contribution in [2.45, 2.75) is 52.6 Å². The van der Waals surface area contributed by atoms with Gasteiger partial charge in [0.25, 0.3) is 0 Å². The Hall–Kier alpha value is -0.920. The first-order valence-corrected chi connectivity index (χ1v) is 9.62. The topological polar surface area (TPSA) is 58.4 Å². The second kappa shape index (κ2) is 5.29. The molecule has 2 bridgehead atoms. The summed E-state index contributed by atoms with van der Waals surface area (Å²) in [5.41, 5.74) is 0.696. The Morgan fingerprint density at radius 3 is 2.65 bits per heavy atom. The Morgan fingerprint density at radius 2 is 2.00 bits per heavy atom. The predicted molar refractivity (Wildman–Crippen MR) is 90.2 cm³/mol. The van der Waals surface area contributed by atoms with Crippen LogP contribution in [0.15, 0.2) is 12.4 Å². The van der Waals surface area contributed by atoms with E-state index in [1.807, 2.05) is 0 Å². The minimum Gasteiger partial charge on any atom is -0.292 e. The van der Waals surface area contributed by atoms with Crippen molar-refractivity contribution in [3.63, 3.8) is 0 Å². The van der Waals surface area contributed by atoms with Gasteiger partial charge in [-0.25, -0.2) is 8.96 Å². The van der Waals surface area contributed by atoms with Gasteiger partial charge >= 0.3 is 10.2 Å². The Kier molecular flexibility index (Phi) is 3.89. The van der Waals surface area contributed by atoms with Crippen LogP contribution in [0.2, 0.25) is 0 Å². The van der Waals surface area contributed by atoms with Gasteiger partial charge in [-0.05, 0) is 30.1 Å². The van der Waals surface area contributed by atoms with Crippen LogP contribution in [0.5, 0.6) is 0 Å². The van der Waals surface area contributed by atoms with Crippen LogP contribution in [0, 0.1) is 10.8 Å². The van der Waals surface area contributed by atoms with Crippen molar-refractivity contribution in [3.05, 3.63) is 18.2 Å². The highest BCUT2D eigenvalue weighted by Gasteiger charge is 2.49. The fourth-order valence-corrected chi connectivity index (χ4v) is 5.69. The molecule has 23 heavy (non-hydrogen) atoms. The van der Waals surface area contributed by atoms with Crippen molar-refractivity contribution in [1.82, 2.24) is 18.2 Å². The second-order valence-corrected chi connectivity index (χ2v) is 10.6. The number of imidazole rings is 1. The molecule has 2 aliphatic rings. The van der Waals surface area contributed by atoms with Crippen molar-refractivity contribution in [2.75, 3.05) is 20.6 Å². The van der Waals surface area contributed by atoms with E-state index in [2.05, 4.69) is 30.7 Å². The molecule has 1 aromatic rings. The second-order valence-electron chi connectivity index (χ2n) is 8.55. The zero-order valence-electron chi connectivity index (χ0n) is 14.8. The summed E-state index contributed by atoms with van der Waals surface area (Å²) < 4.78 is 27.4. The SMILES string of the molecule is CN(C)S(=O)(=O)n1ccnc1CN1CC2(C)CC1CC(C)(C)C2. The summed E-state index contributed by atoms with van der Waals surface area (Å²) in [4.78, 5) is 6.75. The van der Waals surface area contributed by atoms with Crippen LogP contribution in [0.3, 0.4) is 0 Å².